The van der Waals surface area contributed by atoms with Crippen LogP contribution in [-0.4, -0.2) is 66.3 Å². The number of esters is 1. The van der Waals surface area contributed by atoms with E-state index in [0.717, 1.165) is 32.1 Å². The van der Waals surface area contributed by atoms with Crippen molar-refractivity contribution in [2.45, 2.75) is 161 Å². The Balaban J connectivity index is 4.21. The molecule has 0 radical (unpaired) electrons. The van der Waals surface area contributed by atoms with E-state index in [4.69, 9.17) is 19.1 Å². The van der Waals surface area contributed by atoms with Crippen molar-refractivity contribution in [1.82, 2.24) is 0 Å². The SMILES string of the molecule is CCCCCCCCCCCCCCCOCC(COP(=O)(O)OCC(O)CO)OC(=O)CCCCCCCCC. The quantitative estimate of drug-likeness (QED) is 0.0399. The first kappa shape index (κ1) is 40.5. The summed E-state index contributed by atoms with van der Waals surface area (Å²) in [5.74, 6) is -0.388. The number of rotatable bonds is 32. The first-order valence-electron chi connectivity index (χ1n) is 16.5. The third kappa shape index (κ3) is 29.3. The zero-order valence-corrected chi connectivity index (χ0v) is 27.2. The predicted molar refractivity (Wildman–Crippen MR) is 164 cm³/mol. The summed E-state index contributed by atoms with van der Waals surface area (Å²) in [6.45, 7) is 3.47. The van der Waals surface area contributed by atoms with Gasteiger partial charge in [0.15, 0.2) is 0 Å². The van der Waals surface area contributed by atoms with Gasteiger partial charge in [0.25, 0.3) is 0 Å². The molecule has 0 aliphatic rings. The third-order valence-corrected chi connectivity index (χ3v) is 7.99. The van der Waals surface area contributed by atoms with E-state index in [-0.39, 0.29) is 25.6 Å². The van der Waals surface area contributed by atoms with Crippen molar-refractivity contribution in [3.05, 3.63) is 0 Å². The summed E-state index contributed by atoms with van der Waals surface area (Å²) in [6.07, 6.45) is 22.2. The van der Waals surface area contributed by atoms with Gasteiger partial charge in [0.1, 0.15) is 12.2 Å². The molecule has 0 rings (SSSR count). The number of phosphoric acid groups is 1. The fourth-order valence-corrected chi connectivity index (χ4v) is 5.26. The zero-order chi connectivity index (χ0) is 30.4. The van der Waals surface area contributed by atoms with Gasteiger partial charge in [0.05, 0.1) is 26.4 Å². The van der Waals surface area contributed by atoms with Crippen molar-refractivity contribution in [1.29, 1.82) is 0 Å². The molecule has 10 heteroatoms. The lowest BCUT2D eigenvalue weighted by molar-refractivity contribution is -0.154. The molecule has 9 nitrogen and oxygen atoms in total. The van der Waals surface area contributed by atoms with Gasteiger partial charge in [0, 0.05) is 13.0 Å². The normalized spacial score (nSPS) is 14.6. The van der Waals surface area contributed by atoms with E-state index in [0.29, 0.717) is 6.61 Å². The number of aliphatic hydroxyl groups excluding tert-OH is 2. The summed E-state index contributed by atoms with van der Waals surface area (Å²) in [5.41, 5.74) is 0. The number of ether oxygens (including phenoxy) is 2. The Bertz CT molecular complexity index is 620. The van der Waals surface area contributed by atoms with Gasteiger partial charge in [0.2, 0.25) is 0 Å². The number of unbranched alkanes of at least 4 members (excludes halogenated alkanes) is 18. The van der Waals surface area contributed by atoms with Crippen LogP contribution in [-0.2, 0) is 27.9 Å². The Morgan fingerprint density at radius 1 is 0.659 bits per heavy atom. The largest absolute Gasteiger partial charge is 0.472 e. The third-order valence-electron chi connectivity index (χ3n) is 7.04. The van der Waals surface area contributed by atoms with E-state index in [1.54, 1.807) is 0 Å². The second-order valence-corrected chi connectivity index (χ2v) is 12.7. The van der Waals surface area contributed by atoms with Crippen LogP contribution in [0.5, 0.6) is 0 Å². The lowest BCUT2D eigenvalue weighted by Crippen LogP contribution is -2.29. The number of hydrogen-bond donors (Lipinski definition) is 3. The van der Waals surface area contributed by atoms with Gasteiger partial charge in [-0.05, 0) is 12.8 Å². The van der Waals surface area contributed by atoms with Crippen LogP contribution in [0.2, 0.25) is 0 Å². The first-order valence-corrected chi connectivity index (χ1v) is 18.0. The highest BCUT2D eigenvalue weighted by molar-refractivity contribution is 7.47. The van der Waals surface area contributed by atoms with Gasteiger partial charge < -0.3 is 24.6 Å². The van der Waals surface area contributed by atoms with E-state index in [9.17, 15) is 19.4 Å². The molecule has 0 aromatic heterocycles. The Kier molecular flexibility index (Phi) is 29.1. The molecule has 0 fully saturated rings. The highest BCUT2D eigenvalue weighted by Crippen LogP contribution is 2.43. The summed E-state index contributed by atoms with van der Waals surface area (Å²) in [6, 6.07) is 0. The van der Waals surface area contributed by atoms with Crippen molar-refractivity contribution in [2.75, 3.05) is 33.0 Å². The van der Waals surface area contributed by atoms with Crippen LogP contribution >= 0.6 is 7.82 Å². The number of phosphoric ester groups is 1. The van der Waals surface area contributed by atoms with Gasteiger partial charge in [-0.3, -0.25) is 13.8 Å². The van der Waals surface area contributed by atoms with Gasteiger partial charge in [-0.15, -0.1) is 0 Å². The molecule has 0 aliphatic heterocycles. The maximum absolute atomic E-state index is 12.4. The topological polar surface area (TPSA) is 132 Å². The highest BCUT2D eigenvalue weighted by Gasteiger charge is 2.26. The molecule has 0 amide bonds. The Hall–Kier alpha value is -0.540. The first-order chi connectivity index (χ1) is 19.8. The van der Waals surface area contributed by atoms with E-state index >= 15 is 0 Å². The van der Waals surface area contributed by atoms with Gasteiger partial charge in [-0.2, -0.15) is 0 Å². The summed E-state index contributed by atoms with van der Waals surface area (Å²) < 4.78 is 33.0. The molecule has 0 heterocycles. The Labute approximate surface area is 250 Å². The predicted octanol–water partition coefficient (Wildman–Crippen LogP) is 7.63. The fourth-order valence-electron chi connectivity index (χ4n) is 4.47. The van der Waals surface area contributed by atoms with Crippen molar-refractivity contribution in [2.24, 2.45) is 0 Å². The van der Waals surface area contributed by atoms with Crippen LogP contribution in [0, 0.1) is 0 Å². The minimum absolute atomic E-state index is 0.0558. The number of aliphatic hydroxyl groups is 2. The van der Waals surface area contributed by atoms with E-state index in [1.807, 2.05) is 0 Å². The molecule has 3 unspecified atom stereocenters. The van der Waals surface area contributed by atoms with Crippen LogP contribution in [0.15, 0.2) is 0 Å². The zero-order valence-electron chi connectivity index (χ0n) is 26.3. The molecule has 0 aliphatic carbocycles. The van der Waals surface area contributed by atoms with Crippen LogP contribution < -0.4 is 0 Å². The van der Waals surface area contributed by atoms with E-state index < -0.39 is 33.2 Å². The molecular weight excluding hydrogens is 547 g/mol. The minimum atomic E-state index is -4.49. The standard InChI is InChI=1S/C31H63O9P/c1-3-5-7-9-11-12-13-14-15-16-18-20-22-24-37-27-30(28-39-41(35,36)38-26-29(33)25-32)40-31(34)23-21-19-17-10-8-6-4-2/h29-30,32-33H,3-28H2,1-2H3,(H,35,36). The van der Waals surface area contributed by atoms with Crippen molar-refractivity contribution in [3.8, 4) is 0 Å². The monoisotopic (exact) mass is 610 g/mol. The Morgan fingerprint density at radius 3 is 1.59 bits per heavy atom. The molecule has 246 valence electrons. The molecule has 0 aromatic carbocycles. The molecular formula is C31H63O9P. The summed E-state index contributed by atoms with van der Waals surface area (Å²) >= 11 is 0. The smallest absolute Gasteiger partial charge is 0.457 e. The lowest BCUT2D eigenvalue weighted by atomic mass is 10.0. The van der Waals surface area contributed by atoms with Crippen LogP contribution in [0.4, 0.5) is 0 Å². The maximum atomic E-state index is 12.4. The average molecular weight is 611 g/mol. The molecule has 0 aromatic rings. The summed E-state index contributed by atoms with van der Waals surface area (Å²) in [5, 5.41) is 18.2. The lowest BCUT2D eigenvalue weighted by Gasteiger charge is -2.20. The second kappa shape index (κ2) is 29.5. The van der Waals surface area contributed by atoms with Crippen molar-refractivity contribution >= 4 is 13.8 Å². The highest BCUT2D eigenvalue weighted by atomic mass is 31.2. The van der Waals surface area contributed by atoms with Crippen LogP contribution in [0.25, 0.3) is 0 Å². The molecule has 0 bridgehead atoms. The molecule has 41 heavy (non-hydrogen) atoms. The maximum Gasteiger partial charge on any atom is 0.472 e. The summed E-state index contributed by atoms with van der Waals surface area (Å²) in [4.78, 5) is 22.2. The van der Waals surface area contributed by atoms with Crippen molar-refractivity contribution in [3.63, 3.8) is 0 Å². The van der Waals surface area contributed by atoms with Gasteiger partial charge >= 0.3 is 13.8 Å². The summed E-state index contributed by atoms with van der Waals surface area (Å²) in [7, 11) is -4.49. The molecule has 3 atom stereocenters. The van der Waals surface area contributed by atoms with E-state index in [1.165, 1.54) is 96.3 Å². The fraction of sp³-hybridized carbons (Fsp3) is 0.968. The van der Waals surface area contributed by atoms with Gasteiger partial charge in [-0.1, -0.05) is 129 Å². The number of hydrogen-bond acceptors (Lipinski definition) is 8. The Morgan fingerprint density at radius 2 is 1.10 bits per heavy atom. The minimum Gasteiger partial charge on any atom is -0.457 e. The molecule has 0 saturated heterocycles. The second-order valence-electron chi connectivity index (χ2n) is 11.2. The molecule has 0 spiro atoms. The van der Waals surface area contributed by atoms with Crippen LogP contribution in [0.1, 0.15) is 149 Å². The van der Waals surface area contributed by atoms with Gasteiger partial charge in [-0.25, -0.2) is 4.57 Å². The van der Waals surface area contributed by atoms with E-state index in [2.05, 4.69) is 18.4 Å². The number of carbonyl (C=O) groups is 1. The molecule has 3 N–H and O–H groups in total. The molecule has 0 saturated carbocycles. The van der Waals surface area contributed by atoms with Crippen LogP contribution in [0.3, 0.4) is 0 Å². The van der Waals surface area contributed by atoms with Crippen molar-refractivity contribution < 1.29 is 43.0 Å². The number of carbonyl (C=O) groups excluding carboxylic acids is 1. The average Bonchev–Trinajstić information content (AvgIpc) is 2.96.